The molecule has 2 aromatic carbocycles. The maximum Gasteiger partial charge on any atom is 0.217 e. The van der Waals surface area contributed by atoms with Crippen LogP contribution in [0.5, 0.6) is 5.88 Å². The van der Waals surface area contributed by atoms with Gasteiger partial charge in [0.05, 0.1) is 12.6 Å². The number of hydrogen-bond donors (Lipinski definition) is 0. The number of aromatic nitrogens is 1. The van der Waals surface area contributed by atoms with Gasteiger partial charge in [-0.2, -0.15) is 0 Å². The lowest BCUT2D eigenvalue weighted by molar-refractivity contribution is 0.395. The SMILES string of the molecule is COc1nc2ccccc2cc1Cc1ccccc1. The molecule has 0 saturated carbocycles. The van der Waals surface area contributed by atoms with Crippen molar-refractivity contribution in [2.75, 3.05) is 7.11 Å². The third-order valence-corrected chi connectivity index (χ3v) is 3.19. The van der Waals surface area contributed by atoms with Gasteiger partial charge in [-0.05, 0) is 17.7 Å². The zero-order valence-electron chi connectivity index (χ0n) is 10.8. The number of fused-ring (bicyclic) bond motifs is 1. The first-order chi connectivity index (χ1) is 9.36. The number of rotatable bonds is 3. The molecule has 0 spiro atoms. The minimum Gasteiger partial charge on any atom is -0.481 e. The Balaban J connectivity index is 2.06. The first-order valence-electron chi connectivity index (χ1n) is 6.33. The van der Waals surface area contributed by atoms with Crippen LogP contribution in [-0.2, 0) is 6.42 Å². The van der Waals surface area contributed by atoms with E-state index in [0.29, 0.717) is 5.88 Å². The van der Waals surface area contributed by atoms with Crippen LogP contribution in [0.25, 0.3) is 10.9 Å². The minimum atomic E-state index is 0.711. The van der Waals surface area contributed by atoms with Gasteiger partial charge in [-0.25, -0.2) is 4.98 Å². The predicted molar refractivity (Wildman–Crippen MR) is 77.5 cm³/mol. The van der Waals surface area contributed by atoms with E-state index in [1.165, 1.54) is 5.56 Å². The van der Waals surface area contributed by atoms with Crippen LogP contribution in [-0.4, -0.2) is 12.1 Å². The van der Waals surface area contributed by atoms with Gasteiger partial charge in [-0.1, -0.05) is 48.5 Å². The standard InChI is InChI=1S/C17H15NO/c1-19-17-15(11-13-7-3-2-4-8-13)12-14-9-5-6-10-16(14)18-17/h2-10,12H,11H2,1H3. The van der Waals surface area contributed by atoms with E-state index in [0.717, 1.165) is 22.9 Å². The molecule has 3 rings (SSSR count). The quantitative estimate of drug-likeness (QED) is 0.703. The molecular weight excluding hydrogens is 234 g/mol. The van der Waals surface area contributed by atoms with Crippen LogP contribution >= 0.6 is 0 Å². The van der Waals surface area contributed by atoms with E-state index in [4.69, 9.17) is 4.74 Å². The molecule has 0 saturated heterocycles. The summed E-state index contributed by atoms with van der Waals surface area (Å²) >= 11 is 0. The summed E-state index contributed by atoms with van der Waals surface area (Å²) in [6.07, 6.45) is 0.835. The highest BCUT2D eigenvalue weighted by Crippen LogP contribution is 2.24. The lowest BCUT2D eigenvalue weighted by Gasteiger charge is -2.09. The van der Waals surface area contributed by atoms with Gasteiger partial charge in [0.25, 0.3) is 0 Å². The Morgan fingerprint density at radius 2 is 1.68 bits per heavy atom. The fourth-order valence-electron chi connectivity index (χ4n) is 2.26. The summed E-state index contributed by atoms with van der Waals surface area (Å²) in [5, 5.41) is 1.15. The molecule has 3 aromatic rings. The summed E-state index contributed by atoms with van der Waals surface area (Å²) in [5.41, 5.74) is 3.35. The number of ether oxygens (including phenoxy) is 1. The molecule has 0 atom stereocenters. The predicted octanol–water partition coefficient (Wildman–Crippen LogP) is 3.83. The molecule has 0 fully saturated rings. The third kappa shape index (κ3) is 2.43. The lowest BCUT2D eigenvalue weighted by Crippen LogP contribution is -1.97. The minimum absolute atomic E-state index is 0.711. The van der Waals surface area contributed by atoms with Gasteiger partial charge in [0, 0.05) is 17.4 Å². The van der Waals surface area contributed by atoms with Crippen LogP contribution in [0, 0.1) is 0 Å². The fraction of sp³-hybridized carbons (Fsp3) is 0.118. The summed E-state index contributed by atoms with van der Waals surface area (Å²) in [5.74, 6) is 0.711. The van der Waals surface area contributed by atoms with Crippen LogP contribution in [0.1, 0.15) is 11.1 Å². The molecule has 0 aliphatic heterocycles. The molecule has 0 aliphatic rings. The van der Waals surface area contributed by atoms with Crippen LogP contribution < -0.4 is 4.74 Å². The molecule has 0 aliphatic carbocycles. The molecule has 1 heterocycles. The van der Waals surface area contributed by atoms with Crippen molar-refractivity contribution in [2.45, 2.75) is 6.42 Å². The number of nitrogens with zero attached hydrogens (tertiary/aromatic N) is 1. The Kier molecular flexibility index (Phi) is 3.15. The highest BCUT2D eigenvalue weighted by molar-refractivity contribution is 5.80. The molecule has 0 bridgehead atoms. The average Bonchev–Trinajstić information content (AvgIpc) is 2.47. The Morgan fingerprint density at radius 1 is 0.947 bits per heavy atom. The van der Waals surface area contributed by atoms with Crippen molar-refractivity contribution in [2.24, 2.45) is 0 Å². The summed E-state index contributed by atoms with van der Waals surface area (Å²) in [4.78, 5) is 4.57. The molecule has 0 unspecified atom stereocenters. The van der Waals surface area contributed by atoms with Gasteiger partial charge in [0.1, 0.15) is 0 Å². The van der Waals surface area contributed by atoms with E-state index in [9.17, 15) is 0 Å². The average molecular weight is 249 g/mol. The number of methoxy groups -OCH3 is 1. The third-order valence-electron chi connectivity index (χ3n) is 3.19. The number of benzene rings is 2. The summed E-state index contributed by atoms with van der Waals surface area (Å²) < 4.78 is 5.41. The molecule has 1 aromatic heterocycles. The van der Waals surface area contributed by atoms with Crippen LogP contribution in [0.15, 0.2) is 60.7 Å². The molecule has 0 radical (unpaired) electrons. The molecule has 2 nitrogen and oxygen atoms in total. The van der Waals surface area contributed by atoms with E-state index in [1.807, 2.05) is 24.3 Å². The lowest BCUT2D eigenvalue weighted by atomic mass is 10.0. The van der Waals surface area contributed by atoms with Crippen molar-refractivity contribution in [3.63, 3.8) is 0 Å². The van der Waals surface area contributed by atoms with Crippen molar-refractivity contribution in [1.29, 1.82) is 0 Å². The normalized spacial score (nSPS) is 10.6. The van der Waals surface area contributed by atoms with Gasteiger partial charge in [-0.3, -0.25) is 0 Å². The zero-order chi connectivity index (χ0) is 13.1. The monoisotopic (exact) mass is 249 g/mol. The molecule has 0 amide bonds. The van der Waals surface area contributed by atoms with Crippen molar-refractivity contribution in [3.8, 4) is 5.88 Å². The van der Waals surface area contributed by atoms with Gasteiger partial charge < -0.3 is 4.74 Å². The van der Waals surface area contributed by atoms with E-state index < -0.39 is 0 Å². The topological polar surface area (TPSA) is 22.1 Å². The highest BCUT2D eigenvalue weighted by atomic mass is 16.5. The van der Waals surface area contributed by atoms with Crippen molar-refractivity contribution >= 4 is 10.9 Å². The second-order valence-corrected chi connectivity index (χ2v) is 4.51. The number of hydrogen-bond acceptors (Lipinski definition) is 2. The summed E-state index contributed by atoms with van der Waals surface area (Å²) in [6, 6.07) is 20.6. The highest BCUT2D eigenvalue weighted by Gasteiger charge is 2.07. The van der Waals surface area contributed by atoms with E-state index >= 15 is 0 Å². The molecule has 0 N–H and O–H groups in total. The van der Waals surface area contributed by atoms with E-state index in [1.54, 1.807) is 7.11 Å². The first kappa shape index (κ1) is 11.7. The Bertz CT molecular complexity index is 692. The number of para-hydroxylation sites is 1. The fourth-order valence-corrected chi connectivity index (χ4v) is 2.26. The van der Waals surface area contributed by atoms with Crippen LogP contribution in [0.2, 0.25) is 0 Å². The van der Waals surface area contributed by atoms with E-state index in [-0.39, 0.29) is 0 Å². The van der Waals surface area contributed by atoms with Gasteiger partial charge in [0.2, 0.25) is 5.88 Å². The maximum absolute atomic E-state index is 5.41. The zero-order valence-corrected chi connectivity index (χ0v) is 10.8. The van der Waals surface area contributed by atoms with Gasteiger partial charge in [-0.15, -0.1) is 0 Å². The first-order valence-corrected chi connectivity index (χ1v) is 6.33. The smallest absolute Gasteiger partial charge is 0.217 e. The largest absolute Gasteiger partial charge is 0.481 e. The van der Waals surface area contributed by atoms with Crippen molar-refractivity contribution in [1.82, 2.24) is 4.98 Å². The molecular formula is C17H15NO. The van der Waals surface area contributed by atoms with Crippen LogP contribution in [0.4, 0.5) is 0 Å². The van der Waals surface area contributed by atoms with Crippen molar-refractivity contribution in [3.05, 3.63) is 71.8 Å². The second-order valence-electron chi connectivity index (χ2n) is 4.51. The second kappa shape index (κ2) is 5.11. The molecule has 2 heteroatoms. The molecule has 19 heavy (non-hydrogen) atoms. The number of pyridine rings is 1. The summed E-state index contributed by atoms with van der Waals surface area (Å²) in [6.45, 7) is 0. The summed E-state index contributed by atoms with van der Waals surface area (Å²) in [7, 11) is 1.67. The van der Waals surface area contributed by atoms with Crippen molar-refractivity contribution < 1.29 is 4.74 Å². The maximum atomic E-state index is 5.41. The molecule has 94 valence electrons. The Labute approximate surface area is 112 Å². The van der Waals surface area contributed by atoms with Gasteiger partial charge >= 0.3 is 0 Å². The van der Waals surface area contributed by atoms with Crippen LogP contribution in [0.3, 0.4) is 0 Å². The Hall–Kier alpha value is -2.35. The van der Waals surface area contributed by atoms with Gasteiger partial charge in [0.15, 0.2) is 0 Å². The van der Waals surface area contributed by atoms with E-state index in [2.05, 4.69) is 41.4 Å². The Morgan fingerprint density at radius 3 is 2.47 bits per heavy atom.